The Morgan fingerprint density at radius 3 is 2.50 bits per heavy atom. The molecule has 1 heteroatoms. The van der Waals surface area contributed by atoms with Crippen LogP contribution in [0.2, 0.25) is 0 Å². The molecule has 1 aromatic rings. The fourth-order valence-electron chi connectivity index (χ4n) is 2.13. The average Bonchev–Trinajstić information content (AvgIpc) is 2.89. The molecule has 0 aliphatic heterocycles. The number of rotatable bonds is 2. The summed E-state index contributed by atoms with van der Waals surface area (Å²) in [5.74, 6) is 1.10. The number of hydrogen-bond donors (Lipinski definition) is 1. The maximum Gasteiger partial charge on any atom is 0.0546 e. The van der Waals surface area contributed by atoms with Gasteiger partial charge in [0.05, 0.1) is 6.10 Å². The minimum absolute atomic E-state index is 0.151. The first-order valence-electron chi connectivity index (χ1n) is 5.35. The zero-order valence-corrected chi connectivity index (χ0v) is 9.12. The normalized spacial score (nSPS) is 27.4. The van der Waals surface area contributed by atoms with Gasteiger partial charge in [0, 0.05) is 0 Å². The summed E-state index contributed by atoms with van der Waals surface area (Å²) in [4.78, 5) is 0. The van der Waals surface area contributed by atoms with Gasteiger partial charge in [0.2, 0.25) is 0 Å². The lowest BCUT2D eigenvalue weighted by atomic mass is 10.0. The van der Waals surface area contributed by atoms with E-state index in [0.29, 0.717) is 11.8 Å². The lowest BCUT2D eigenvalue weighted by molar-refractivity contribution is 0.169. The second-order valence-electron chi connectivity index (χ2n) is 4.59. The van der Waals surface area contributed by atoms with Gasteiger partial charge in [-0.25, -0.2) is 0 Å². The summed E-state index contributed by atoms with van der Waals surface area (Å²) in [6.45, 7) is 6.18. The average molecular weight is 190 g/mol. The molecular formula is C13H18O. The Kier molecular flexibility index (Phi) is 2.36. The van der Waals surface area contributed by atoms with Crippen LogP contribution in [0.3, 0.4) is 0 Å². The SMILES string of the molecule is Cc1ccc([C@H]2C[C@@H]2[C@@H](C)O)cc1C. The number of aliphatic hydroxyl groups excluding tert-OH is 1. The predicted molar refractivity (Wildman–Crippen MR) is 58.4 cm³/mol. The quantitative estimate of drug-likeness (QED) is 0.760. The van der Waals surface area contributed by atoms with Gasteiger partial charge in [-0.1, -0.05) is 18.2 Å². The second kappa shape index (κ2) is 3.39. The van der Waals surface area contributed by atoms with Gasteiger partial charge in [-0.3, -0.25) is 0 Å². The molecule has 0 aromatic heterocycles. The van der Waals surface area contributed by atoms with Crippen molar-refractivity contribution in [2.75, 3.05) is 0 Å². The molecule has 0 spiro atoms. The summed E-state index contributed by atoms with van der Waals surface area (Å²) in [6, 6.07) is 6.65. The topological polar surface area (TPSA) is 20.2 Å². The van der Waals surface area contributed by atoms with Gasteiger partial charge in [-0.05, 0) is 55.7 Å². The second-order valence-corrected chi connectivity index (χ2v) is 4.59. The molecule has 3 atom stereocenters. The van der Waals surface area contributed by atoms with Crippen molar-refractivity contribution in [1.82, 2.24) is 0 Å². The standard InChI is InChI=1S/C13H18O/c1-8-4-5-11(6-9(8)2)13-7-12(13)10(3)14/h4-6,10,12-14H,7H2,1-3H3/t10-,12-,13-/m1/s1. The summed E-state index contributed by atoms with van der Waals surface area (Å²) < 4.78 is 0. The number of aliphatic hydroxyl groups is 1. The van der Waals surface area contributed by atoms with E-state index in [2.05, 4.69) is 32.0 Å². The third-order valence-electron chi connectivity index (χ3n) is 3.42. The largest absolute Gasteiger partial charge is 0.393 e. The molecule has 1 aliphatic carbocycles. The monoisotopic (exact) mass is 190 g/mol. The minimum Gasteiger partial charge on any atom is -0.393 e. The molecule has 0 saturated heterocycles. The van der Waals surface area contributed by atoms with Gasteiger partial charge >= 0.3 is 0 Å². The first kappa shape index (κ1) is 9.72. The predicted octanol–water partition coefficient (Wildman–Crippen LogP) is 2.79. The van der Waals surface area contributed by atoms with E-state index in [1.807, 2.05) is 6.92 Å². The zero-order chi connectivity index (χ0) is 10.3. The van der Waals surface area contributed by atoms with Crippen molar-refractivity contribution in [1.29, 1.82) is 0 Å². The van der Waals surface area contributed by atoms with Crippen LogP contribution in [0.1, 0.15) is 36.0 Å². The van der Waals surface area contributed by atoms with Gasteiger partial charge in [0.1, 0.15) is 0 Å². The van der Waals surface area contributed by atoms with Gasteiger partial charge in [-0.15, -0.1) is 0 Å². The molecule has 1 aliphatic rings. The van der Waals surface area contributed by atoms with Crippen LogP contribution in [0.4, 0.5) is 0 Å². The van der Waals surface area contributed by atoms with E-state index >= 15 is 0 Å². The minimum atomic E-state index is -0.151. The van der Waals surface area contributed by atoms with Crippen LogP contribution in [-0.4, -0.2) is 11.2 Å². The highest BCUT2D eigenvalue weighted by Gasteiger charge is 2.41. The van der Waals surface area contributed by atoms with Crippen LogP contribution >= 0.6 is 0 Å². The fourth-order valence-corrected chi connectivity index (χ4v) is 2.13. The highest BCUT2D eigenvalue weighted by Crippen LogP contribution is 2.49. The van der Waals surface area contributed by atoms with Gasteiger partial charge in [0.25, 0.3) is 0 Å². The summed E-state index contributed by atoms with van der Waals surface area (Å²) >= 11 is 0. The Morgan fingerprint density at radius 1 is 1.29 bits per heavy atom. The first-order chi connectivity index (χ1) is 6.59. The third kappa shape index (κ3) is 1.69. The summed E-state index contributed by atoms with van der Waals surface area (Å²) in [6.07, 6.45) is 1.00. The molecule has 0 unspecified atom stereocenters. The molecule has 14 heavy (non-hydrogen) atoms. The van der Waals surface area contributed by atoms with Crippen molar-refractivity contribution in [2.45, 2.75) is 39.2 Å². The Bertz CT molecular complexity index is 341. The van der Waals surface area contributed by atoms with E-state index in [1.54, 1.807) is 0 Å². The van der Waals surface area contributed by atoms with Crippen LogP contribution < -0.4 is 0 Å². The smallest absolute Gasteiger partial charge is 0.0546 e. The first-order valence-corrected chi connectivity index (χ1v) is 5.35. The molecule has 1 saturated carbocycles. The maximum atomic E-state index is 9.45. The molecule has 1 N–H and O–H groups in total. The molecular weight excluding hydrogens is 172 g/mol. The van der Waals surface area contributed by atoms with E-state index in [9.17, 15) is 5.11 Å². The number of hydrogen-bond acceptors (Lipinski definition) is 1. The Balaban J connectivity index is 2.16. The highest BCUT2D eigenvalue weighted by atomic mass is 16.3. The molecule has 0 bridgehead atoms. The van der Waals surface area contributed by atoms with Crippen molar-refractivity contribution in [2.24, 2.45) is 5.92 Å². The van der Waals surface area contributed by atoms with Crippen LogP contribution in [0.25, 0.3) is 0 Å². The van der Waals surface area contributed by atoms with Crippen LogP contribution in [-0.2, 0) is 0 Å². The number of aryl methyl sites for hydroxylation is 2. The molecule has 0 heterocycles. The lowest BCUT2D eigenvalue weighted by Gasteiger charge is -2.06. The maximum absolute atomic E-state index is 9.45. The Morgan fingerprint density at radius 2 is 2.00 bits per heavy atom. The molecule has 0 radical (unpaired) electrons. The molecule has 1 nitrogen and oxygen atoms in total. The van der Waals surface area contributed by atoms with Crippen molar-refractivity contribution in [3.8, 4) is 0 Å². The molecule has 1 aromatic carbocycles. The summed E-state index contributed by atoms with van der Waals surface area (Å²) in [7, 11) is 0. The van der Waals surface area contributed by atoms with Gasteiger partial charge in [-0.2, -0.15) is 0 Å². The Labute approximate surface area is 85.8 Å². The van der Waals surface area contributed by atoms with Crippen molar-refractivity contribution in [3.63, 3.8) is 0 Å². The van der Waals surface area contributed by atoms with Crippen LogP contribution in [0.5, 0.6) is 0 Å². The van der Waals surface area contributed by atoms with Crippen molar-refractivity contribution >= 4 is 0 Å². The highest BCUT2D eigenvalue weighted by molar-refractivity contribution is 5.34. The molecule has 2 rings (SSSR count). The van der Waals surface area contributed by atoms with E-state index < -0.39 is 0 Å². The van der Waals surface area contributed by atoms with Gasteiger partial charge < -0.3 is 5.11 Å². The van der Waals surface area contributed by atoms with E-state index in [4.69, 9.17) is 0 Å². The molecule has 0 amide bonds. The zero-order valence-electron chi connectivity index (χ0n) is 9.12. The van der Waals surface area contributed by atoms with Crippen molar-refractivity contribution in [3.05, 3.63) is 34.9 Å². The fraction of sp³-hybridized carbons (Fsp3) is 0.538. The van der Waals surface area contributed by atoms with Crippen LogP contribution in [0.15, 0.2) is 18.2 Å². The van der Waals surface area contributed by atoms with E-state index in [0.717, 1.165) is 6.42 Å². The Hall–Kier alpha value is -0.820. The molecule has 76 valence electrons. The lowest BCUT2D eigenvalue weighted by Crippen LogP contribution is -2.03. The molecule has 1 fully saturated rings. The number of benzene rings is 1. The van der Waals surface area contributed by atoms with Gasteiger partial charge in [0.15, 0.2) is 0 Å². The summed E-state index contributed by atoms with van der Waals surface area (Å²) in [5.41, 5.74) is 4.11. The van der Waals surface area contributed by atoms with Crippen LogP contribution in [0, 0.1) is 19.8 Å². The summed E-state index contributed by atoms with van der Waals surface area (Å²) in [5, 5.41) is 9.45. The van der Waals surface area contributed by atoms with Crippen molar-refractivity contribution < 1.29 is 5.11 Å². The third-order valence-corrected chi connectivity index (χ3v) is 3.42. The van der Waals surface area contributed by atoms with E-state index in [-0.39, 0.29) is 6.10 Å². The van der Waals surface area contributed by atoms with E-state index in [1.165, 1.54) is 16.7 Å².